The van der Waals surface area contributed by atoms with Crippen molar-refractivity contribution in [2.24, 2.45) is 0 Å². The fourth-order valence-corrected chi connectivity index (χ4v) is 0.972. The number of hydrogen-bond donors (Lipinski definition) is 0. The molecule has 1 heterocycles. The molecule has 0 spiro atoms. The van der Waals surface area contributed by atoms with Crippen molar-refractivity contribution in [3.05, 3.63) is 22.0 Å². The van der Waals surface area contributed by atoms with Gasteiger partial charge in [-0.25, -0.2) is 0 Å². The zero-order valence-electron chi connectivity index (χ0n) is 4.89. The van der Waals surface area contributed by atoms with Crippen LogP contribution >= 0.6 is 22.6 Å². The van der Waals surface area contributed by atoms with Gasteiger partial charge in [0.05, 0.1) is 23.1 Å². The van der Waals surface area contributed by atoms with Crippen LogP contribution in [0.4, 0.5) is 0 Å². The summed E-state index contributed by atoms with van der Waals surface area (Å²) in [6.07, 6.45) is 4.34. The maximum atomic E-state index is 4.95. The predicted molar refractivity (Wildman–Crippen MR) is 42.3 cm³/mol. The normalized spacial score (nSPS) is 9.11. The van der Waals surface area contributed by atoms with Gasteiger partial charge in [-0.05, 0) is 28.7 Å². The lowest BCUT2D eigenvalue weighted by molar-refractivity contribution is 0.410. The van der Waals surface area contributed by atoms with Gasteiger partial charge in [-0.2, -0.15) is 0 Å². The van der Waals surface area contributed by atoms with Crippen molar-refractivity contribution in [2.75, 3.05) is 7.11 Å². The second kappa shape index (κ2) is 3.00. The number of methoxy groups -OCH3 is 1. The van der Waals surface area contributed by atoms with E-state index in [9.17, 15) is 0 Å². The van der Waals surface area contributed by atoms with Crippen LogP contribution < -0.4 is 4.74 Å². The largest absolute Gasteiger partial charge is 0.494 e. The topological polar surface area (TPSA) is 22.1 Å². The zero-order chi connectivity index (χ0) is 6.69. The molecule has 2 nitrogen and oxygen atoms in total. The summed E-state index contributed by atoms with van der Waals surface area (Å²) in [5.41, 5.74) is 0. The second-order valence-electron chi connectivity index (χ2n) is 1.45. The maximum absolute atomic E-state index is 4.95. The van der Waals surface area contributed by atoms with Gasteiger partial charge < -0.3 is 4.74 Å². The first-order valence-electron chi connectivity index (χ1n) is 2.40. The maximum Gasteiger partial charge on any atom is 0.150 e. The molecule has 0 aliphatic heterocycles. The van der Waals surface area contributed by atoms with Crippen LogP contribution in [0, 0.1) is 9.77 Å². The molecule has 0 bridgehead atoms. The summed E-state index contributed by atoms with van der Waals surface area (Å²) in [6, 6.07) is 1.78. The van der Waals surface area contributed by atoms with Crippen molar-refractivity contribution in [1.82, 2.24) is 4.98 Å². The highest BCUT2D eigenvalue weighted by Gasteiger charge is 1.94. The van der Waals surface area contributed by atoms with Crippen LogP contribution in [0.1, 0.15) is 0 Å². The number of aromatic nitrogens is 1. The van der Waals surface area contributed by atoms with Gasteiger partial charge in [0, 0.05) is 0 Å². The third-order valence-electron chi connectivity index (χ3n) is 0.903. The average molecular weight is 234 g/mol. The molecular weight excluding hydrogens is 229 g/mol. The molecule has 47 valence electrons. The fourth-order valence-electron chi connectivity index (χ4n) is 0.473. The van der Waals surface area contributed by atoms with E-state index in [1.807, 2.05) is 0 Å². The Morgan fingerprint density at radius 2 is 2.56 bits per heavy atom. The van der Waals surface area contributed by atoms with E-state index in [-0.39, 0.29) is 0 Å². The molecule has 3 heteroatoms. The summed E-state index contributed by atoms with van der Waals surface area (Å²) < 4.78 is 5.99. The van der Waals surface area contributed by atoms with Crippen LogP contribution in [-0.4, -0.2) is 12.1 Å². The Labute approximate surface area is 67.4 Å². The van der Waals surface area contributed by atoms with Crippen molar-refractivity contribution < 1.29 is 4.74 Å². The molecular formula is C6H5INO. The Morgan fingerprint density at radius 3 is 3.00 bits per heavy atom. The van der Waals surface area contributed by atoms with Gasteiger partial charge in [0.1, 0.15) is 5.75 Å². The highest BCUT2D eigenvalue weighted by atomic mass is 127. The molecule has 0 fully saturated rings. The molecule has 0 saturated heterocycles. The minimum absolute atomic E-state index is 0.800. The highest BCUT2D eigenvalue weighted by Crippen LogP contribution is 2.16. The van der Waals surface area contributed by atoms with E-state index in [2.05, 4.69) is 33.8 Å². The van der Waals surface area contributed by atoms with Gasteiger partial charge in [0.15, 0.2) is 0 Å². The Hall–Kier alpha value is -0.320. The third-order valence-corrected chi connectivity index (χ3v) is 1.75. The van der Waals surface area contributed by atoms with E-state index in [4.69, 9.17) is 4.74 Å². The van der Waals surface area contributed by atoms with E-state index in [1.54, 1.807) is 19.4 Å². The summed E-state index contributed by atoms with van der Waals surface area (Å²) in [5.74, 6) is 0.800. The highest BCUT2D eigenvalue weighted by molar-refractivity contribution is 14.1. The van der Waals surface area contributed by atoms with E-state index in [1.165, 1.54) is 0 Å². The Balaban J connectivity index is 3.01. The molecule has 0 unspecified atom stereocenters. The van der Waals surface area contributed by atoms with Gasteiger partial charge in [-0.15, -0.1) is 0 Å². The molecule has 0 saturated carbocycles. The molecule has 1 radical (unpaired) electrons. The first-order chi connectivity index (χ1) is 4.34. The van der Waals surface area contributed by atoms with E-state index < -0.39 is 0 Å². The SMILES string of the molecule is COc1cn[c]cc1I. The van der Waals surface area contributed by atoms with Crippen molar-refractivity contribution in [3.8, 4) is 5.75 Å². The molecule has 0 amide bonds. The third kappa shape index (κ3) is 1.54. The monoisotopic (exact) mass is 234 g/mol. The zero-order valence-corrected chi connectivity index (χ0v) is 7.05. The lowest BCUT2D eigenvalue weighted by Crippen LogP contribution is -1.86. The van der Waals surface area contributed by atoms with E-state index >= 15 is 0 Å². The van der Waals surface area contributed by atoms with Crippen LogP contribution in [-0.2, 0) is 0 Å². The lowest BCUT2D eigenvalue weighted by atomic mass is 10.5. The number of halogens is 1. The van der Waals surface area contributed by atoms with Gasteiger partial charge in [0.25, 0.3) is 0 Å². The number of nitrogens with zero attached hydrogens (tertiary/aromatic N) is 1. The molecule has 0 aromatic carbocycles. The minimum Gasteiger partial charge on any atom is -0.494 e. The van der Waals surface area contributed by atoms with Crippen LogP contribution in [0.25, 0.3) is 0 Å². The van der Waals surface area contributed by atoms with Crippen molar-refractivity contribution in [2.45, 2.75) is 0 Å². The van der Waals surface area contributed by atoms with Gasteiger partial charge in [-0.3, -0.25) is 4.98 Å². The van der Waals surface area contributed by atoms with E-state index in [0.717, 1.165) is 9.32 Å². The number of pyridine rings is 1. The molecule has 0 aliphatic rings. The second-order valence-corrected chi connectivity index (χ2v) is 2.61. The van der Waals surface area contributed by atoms with Gasteiger partial charge in [0.2, 0.25) is 0 Å². The number of rotatable bonds is 1. The summed E-state index contributed by atoms with van der Waals surface area (Å²) in [7, 11) is 1.62. The van der Waals surface area contributed by atoms with Crippen LogP contribution in [0.15, 0.2) is 12.3 Å². The Bertz CT molecular complexity index is 202. The number of ether oxygens (including phenoxy) is 1. The molecule has 1 rings (SSSR count). The smallest absolute Gasteiger partial charge is 0.150 e. The molecule has 0 aliphatic carbocycles. The summed E-state index contributed by atoms with van der Waals surface area (Å²) in [5, 5.41) is 0. The summed E-state index contributed by atoms with van der Waals surface area (Å²) in [4.78, 5) is 3.76. The predicted octanol–water partition coefficient (Wildman–Crippen LogP) is 1.49. The lowest BCUT2D eigenvalue weighted by Gasteiger charge is -1.98. The summed E-state index contributed by atoms with van der Waals surface area (Å²) in [6.45, 7) is 0. The van der Waals surface area contributed by atoms with Crippen molar-refractivity contribution in [1.29, 1.82) is 0 Å². The quantitative estimate of drug-likeness (QED) is 0.687. The average Bonchev–Trinajstić information content (AvgIpc) is 1.89. The fraction of sp³-hybridized carbons (Fsp3) is 0.167. The van der Waals surface area contributed by atoms with Crippen molar-refractivity contribution >= 4 is 22.6 Å². The first-order valence-corrected chi connectivity index (χ1v) is 3.48. The van der Waals surface area contributed by atoms with E-state index in [0.29, 0.717) is 0 Å². The molecule has 9 heavy (non-hydrogen) atoms. The molecule has 0 N–H and O–H groups in total. The van der Waals surface area contributed by atoms with Crippen LogP contribution in [0.2, 0.25) is 0 Å². The summed E-state index contributed by atoms with van der Waals surface area (Å²) >= 11 is 2.16. The van der Waals surface area contributed by atoms with Crippen LogP contribution in [0.5, 0.6) is 5.75 Å². The van der Waals surface area contributed by atoms with Gasteiger partial charge >= 0.3 is 0 Å². The molecule has 1 aromatic rings. The minimum atomic E-state index is 0.800. The first kappa shape index (κ1) is 6.80. The molecule has 0 atom stereocenters. The Morgan fingerprint density at radius 1 is 1.78 bits per heavy atom. The number of hydrogen-bond acceptors (Lipinski definition) is 2. The Kier molecular flexibility index (Phi) is 2.27. The van der Waals surface area contributed by atoms with Gasteiger partial charge in [-0.1, -0.05) is 0 Å². The van der Waals surface area contributed by atoms with Crippen molar-refractivity contribution in [3.63, 3.8) is 0 Å². The standard InChI is InChI=1S/C6H5INO/c1-9-6-4-8-3-2-5(6)7/h2,4H,1H3. The van der Waals surface area contributed by atoms with Crippen LogP contribution in [0.3, 0.4) is 0 Å². The molecule has 1 aromatic heterocycles.